The first-order chi connectivity index (χ1) is 11.0. The molecule has 0 bridgehead atoms. The minimum Gasteiger partial charge on any atom is -0.465 e. The van der Waals surface area contributed by atoms with E-state index in [4.69, 9.17) is 11.6 Å². The molecule has 2 rings (SSSR count). The van der Waals surface area contributed by atoms with Crippen LogP contribution in [-0.4, -0.2) is 19.0 Å². The number of ether oxygens (including phenoxy) is 1. The van der Waals surface area contributed by atoms with Crippen LogP contribution < -0.4 is 5.32 Å². The Morgan fingerprint density at radius 2 is 1.96 bits per heavy atom. The van der Waals surface area contributed by atoms with Crippen LogP contribution in [0.2, 0.25) is 5.02 Å². The molecule has 0 radical (unpaired) electrons. The maximum absolute atomic E-state index is 13.5. The Bertz CT molecular complexity index is 734. The molecule has 0 saturated heterocycles. The minimum absolute atomic E-state index is 0.122. The van der Waals surface area contributed by atoms with Crippen LogP contribution in [0.5, 0.6) is 0 Å². The second kappa shape index (κ2) is 7.74. The fraction of sp³-hybridized carbons (Fsp3) is 0.176. The van der Waals surface area contributed by atoms with Gasteiger partial charge in [0.1, 0.15) is 5.82 Å². The highest BCUT2D eigenvalue weighted by atomic mass is 35.5. The van der Waals surface area contributed by atoms with E-state index in [0.717, 1.165) is 0 Å². The molecule has 4 nitrogen and oxygen atoms in total. The number of esters is 1. The summed E-state index contributed by atoms with van der Waals surface area (Å²) < 4.78 is 18.1. The van der Waals surface area contributed by atoms with E-state index in [2.05, 4.69) is 10.1 Å². The molecule has 1 N–H and O–H groups in total. The van der Waals surface area contributed by atoms with Crippen molar-refractivity contribution in [1.82, 2.24) is 0 Å². The highest BCUT2D eigenvalue weighted by Crippen LogP contribution is 2.21. The molecule has 2 aromatic carbocycles. The van der Waals surface area contributed by atoms with E-state index in [1.165, 1.54) is 25.3 Å². The Kier molecular flexibility index (Phi) is 5.71. The van der Waals surface area contributed by atoms with Gasteiger partial charge in [0, 0.05) is 12.1 Å². The fourth-order valence-corrected chi connectivity index (χ4v) is 2.24. The first kappa shape index (κ1) is 17.0. The summed E-state index contributed by atoms with van der Waals surface area (Å²) in [6.45, 7) is 0. The summed E-state index contributed by atoms with van der Waals surface area (Å²) in [6.07, 6.45) is 0.410. The maximum Gasteiger partial charge on any atom is 0.339 e. The number of hydrogen-bond acceptors (Lipinski definition) is 3. The molecule has 6 heteroatoms. The molecule has 2 aromatic rings. The molecule has 1 amide bonds. The van der Waals surface area contributed by atoms with Crippen LogP contribution in [0.1, 0.15) is 22.3 Å². The first-order valence-electron chi connectivity index (χ1n) is 6.92. The van der Waals surface area contributed by atoms with Crippen molar-refractivity contribution >= 4 is 29.2 Å². The van der Waals surface area contributed by atoms with Crippen LogP contribution in [-0.2, 0) is 16.0 Å². The summed E-state index contributed by atoms with van der Waals surface area (Å²) in [5.41, 5.74) is 1.07. The van der Waals surface area contributed by atoms with Gasteiger partial charge in [0.15, 0.2) is 0 Å². The van der Waals surface area contributed by atoms with E-state index >= 15 is 0 Å². The molecule has 0 aliphatic rings. The van der Waals surface area contributed by atoms with Crippen LogP contribution >= 0.6 is 11.6 Å². The zero-order valence-corrected chi connectivity index (χ0v) is 13.2. The van der Waals surface area contributed by atoms with Crippen LogP contribution in [0.4, 0.5) is 10.1 Å². The topological polar surface area (TPSA) is 55.4 Å². The van der Waals surface area contributed by atoms with Gasteiger partial charge in [0.05, 0.1) is 17.7 Å². The molecular formula is C17H15ClFNO3. The van der Waals surface area contributed by atoms with Gasteiger partial charge in [-0.3, -0.25) is 4.79 Å². The number of benzene rings is 2. The van der Waals surface area contributed by atoms with Crippen molar-refractivity contribution in [3.63, 3.8) is 0 Å². The molecular weight excluding hydrogens is 321 g/mol. The number of carbonyl (C=O) groups excluding carboxylic acids is 2. The predicted octanol–water partition coefficient (Wildman–Crippen LogP) is 3.84. The molecule has 0 heterocycles. The second-order valence-corrected chi connectivity index (χ2v) is 5.23. The number of rotatable bonds is 5. The molecule has 0 saturated carbocycles. The zero-order chi connectivity index (χ0) is 16.8. The average Bonchev–Trinajstić information content (AvgIpc) is 2.55. The zero-order valence-electron chi connectivity index (χ0n) is 12.4. The third kappa shape index (κ3) is 4.53. The quantitative estimate of drug-likeness (QED) is 0.845. The van der Waals surface area contributed by atoms with Crippen LogP contribution in [0.3, 0.4) is 0 Å². The summed E-state index contributed by atoms with van der Waals surface area (Å²) in [5.74, 6) is -1.20. The summed E-state index contributed by atoms with van der Waals surface area (Å²) in [4.78, 5) is 23.5. The lowest BCUT2D eigenvalue weighted by Gasteiger charge is -2.08. The van der Waals surface area contributed by atoms with Crippen molar-refractivity contribution in [3.8, 4) is 0 Å². The number of nitrogens with one attached hydrogen (secondary N) is 1. The van der Waals surface area contributed by atoms with Crippen molar-refractivity contribution < 1.29 is 18.7 Å². The van der Waals surface area contributed by atoms with Crippen molar-refractivity contribution in [2.75, 3.05) is 12.4 Å². The lowest BCUT2D eigenvalue weighted by molar-refractivity contribution is -0.116. The fourth-order valence-electron chi connectivity index (χ4n) is 2.04. The van der Waals surface area contributed by atoms with Gasteiger partial charge in [-0.1, -0.05) is 29.8 Å². The number of anilines is 1. The Morgan fingerprint density at radius 1 is 1.22 bits per heavy atom. The summed E-state index contributed by atoms with van der Waals surface area (Å²) >= 11 is 5.91. The molecule has 0 aromatic heterocycles. The van der Waals surface area contributed by atoms with Crippen molar-refractivity contribution in [2.24, 2.45) is 0 Å². The van der Waals surface area contributed by atoms with Gasteiger partial charge in [-0.15, -0.1) is 0 Å². The average molecular weight is 336 g/mol. The smallest absolute Gasteiger partial charge is 0.339 e. The van der Waals surface area contributed by atoms with Gasteiger partial charge in [-0.2, -0.15) is 0 Å². The normalized spacial score (nSPS) is 10.2. The lowest BCUT2D eigenvalue weighted by atomic mass is 10.1. The SMILES string of the molecule is COC(=O)c1cc(NC(=O)CCc2ccccc2F)ccc1Cl. The number of halogens is 2. The highest BCUT2D eigenvalue weighted by Gasteiger charge is 2.13. The van der Waals surface area contributed by atoms with Crippen LogP contribution in [0.15, 0.2) is 42.5 Å². The molecule has 0 fully saturated rings. The van der Waals surface area contributed by atoms with Crippen molar-refractivity contribution in [1.29, 1.82) is 0 Å². The molecule has 120 valence electrons. The van der Waals surface area contributed by atoms with Crippen LogP contribution in [0.25, 0.3) is 0 Å². The molecule has 23 heavy (non-hydrogen) atoms. The Morgan fingerprint density at radius 3 is 2.65 bits per heavy atom. The van der Waals surface area contributed by atoms with Gasteiger partial charge in [0.2, 0.25) is 5.91 Å². The lowest BCUT2D eigenvalue weighted by Crippen LogP contribution is -2.13. The van der Waals surface area contributed by atoms with Crippen molar-refractivity contribution in [3.05, 3.63) is 64.4 Å². The minimum atomic E-state index is -0.586. The summed E-state index contributed by atoms with van der Waals surface area (Å²) in [6, 6.07) is 10.8. The largest absolute Gasteiger partial charge is 0.465 e. The maximum atomic E-state index is 13.5. The third-order valence-electron chi connectivity index (χ3n) is 3.23. The van der Waals surface area contributed by atoms with E-state index in [1.54, 1.807) is 24.3 Å². The van der Waals surface area contributed by atoms with Crippen molar-refractivity contribution in [2.45, 2.75) is 12.8 Å². The van der Waals surface area contributed by atoms with E-state index in [0.29, 0.717) is 11.3 Å². The van der Waals surface area contributed by atoms with E-state index < -0.39 is 5.97 Å². The van der Waals surface area contributed by atoms with Gasteiger partial charge in [-0.25, -0.2) is 9.18 Å². The first-order valence-corrected chi connectivity index (χ1v) is 7.30. The standard InChI is InChI=1S/C17H15ClFNO3/c1-23-17(22)13-10-12(7-8-14(13)18)20-16(21)9-6-11-4-2-3-5-15(11)19/h2-5,7-8,10H,6,9H2,1H3,(H,20,21). The number of hydrogen-bond donors (Lipinski definition) is 1. The number of aryl methyl sites for hydroxylation is 1. The van der Waals surface area contributed by atoms with Gasteiger partial charge < -0.3 is 10.1 Å². The number of carbonyl (C=O) groups is 2. The Balaban J connectivity index is 2.00. The summed E-state index contributed by atoms with van der Waals surface area (Å²) in [7, 11) is 1.25. The van der Waals surface area contributed by atoms with E-state index in [9.17, 15) is 14.0 Å². The highest BCUT2D eigenvalue weighted by molar-refractivity contribution is 6.33. The third-order valence-corrected chi connectivity index (χ3v) is 3.56. The second-order valence-electron chi connectivity index (χ2n) is 4.83. The number of methoxy groups -OCH3 is 1. The molecule has 0 aliphatic carbocycles. The molecule has 0 atom stereocenters. The van der Waals surface area contributed by atoms with Gasteiger partial charge in [0.25, 0.3) is 0 Å². The van der Waals surface area contributed by atoms with Crippen LogP contribution in [0, 0.1) is 5.82 Å². The van der Waals surface area contributed by atoms with Gasteiger partial charge >= 0.3 is 5.97 Å². The molecule has 0 aliphatic heterocycles. The van der Waals surface area contributed by atoms with E-state index in [-0.39, 0.29) is 35.2 Å². The number of amides is 1. The summed E-state index contributed by atoms with van der Waals surface area (Å²) in [5, 5.41) is 2.89. The Labute approximate surface area is 138 Å². The molecule has 0 unspecified atom stereocenters. The predicted molar refractivity (Wildman–Crippen MR) is 86.1 cm³/mol. The Hall–Kier alpha value is -2.40. The molecule has 0 spiro atoms. The van der Waals surface area contributed by atoms with Gasteiger partial charge in [-0.05, 0) is 36.2 Å². The van der Waals surface area contributed by atoms with E-state index in [1.807, 2.05) is 0 Å². The monoisotopic (exact) mass is 335 g/mol.